The Balaban J connectivity index is 1.35. The average Bonchev–Trinajstić information content (AvgIpc) is 3.42. The van der Waals surface area contributed by atoms with Crippen LogP contribution in [0.15, 0.2) is 72.1 Å². The second-order valence-electron chi connectivity index (χ2n) is 8.20. The van der Waals surface area contributed by atoms with Crippen molar-refractivity contribution in [3.05, 3.63) is 100 Å². The van der Waals surface area contributed by atoms with Crippen molar-refractivity contribution in [3.63, 3.8) is 0 Å². The SMILES string of the molecule is CC(=O)N(c1ccccc1)c1nc(/C=C/C(=O)NCc2cccc(Cn3nc(C)cc3C)c2)cs1. The number of amides is 2. The molecule has 0 saturated carbocycles. The molecule has 2 heterocycles. The Morgan fingerprint density at radius 3 is 2.54 bits per heavy atom. The number of carbonyl (C=O) groups is 2. The van der Waals surface area contributed by atoms with Crippen molar-refractivity contribution in [1.29, 1.82) is 0 Å². The third-order valence-corrected chi connectivity index (χ3v) is 6.17. The number of hydrogen-bond acceptors (Lipinski definition) is 5. The van der Waals surface area contributed by atoms with E-state index < -0.39 is 0 Å². The molecule has 4 aromatic rings. The molecule has 0 radical (unpaired) electrons. The molecule has 178 valence electrons. The van der Waals surface area contributed by atoms with Gasteiger partial charge in [-0.05, 0) is 49.2 Å². The molecule has 0 aliphatic carbocycles. The van der Waals surface area contributed by atoms with E-state index in [2.05, 4.69) is 33.6 Å². The zero-order valence-corrected chi connectivity index (χ0v) is 20.7. The van der Waals surface area contributed by atoms with Gasteiger partial charge in [0.1, 0.15) is 0 Å². The number of aryl methyl sites for hydroxylation is 2. The molecule has 4 rings (SSSR count). The van der Waals surface area contributed by atoms with Gasteiger partial charge in [0.15, 0.2) is 5.13 Å². The van der Waals surface area contributed by atoms with Crippen LogP contribution in [0.2, 0.25) is 0 Å². The molecule has 0 bridgehead atoms. The predicted molar refractivity (Wildman–Crippen MR) is 140 cm³/mol. The van der Waals surface area contributed by atoms with Crippen LogP contribution in [0.3, 0.4) is 0 Å². The van der Waals surface area contributed by atoms with Gasteiger partial charge < -0.3 is 5.32 Å². The first-order valence-corrected chi connectivity index (χ1v) is 12.1. The highest BCUT2D eigenvalue weighted by atomic mass is 32.1. The molecule has 0 atom stereocenters. The molecule has 8 heteroatoms. The molecule has 2 amide bonds. The van der Waals surface area contributed by atoms with Crippen molar-refractivity contribution in [2.75, 3.05) is 4.90 Å². The molecule has 0 unspecified atom stereocenters. The number of benzene rings is 2. The number of carbonyl (C=O) groups excluding carboxylic acids is 2. The Hall–Kier alpha value is -4.04. The van der Waals surface area contributed by atoms with Gasteiger partial charge in [0.25, 0.3) is 0 Å². The van der Waals surface area contributed by atoms with E-state index in [0.717, 1.165) is 28.2 Å². The van der Waals surface area contributed by atoms with Crippen LogP contribution in [0.5, 0.6) is 0 Å². The lowest BCUT2D eigenvalue weighted by Gasteiger charge is -2.17. The quantitative estimate of drug-likeness (QED) is 0.356. The lowest BCUT2D eigenvalue weighted by atomic mass is 10.1. The highest BCUT2D eigenvalue weighted by Crippen LogP contribution is 2.29. The van der Waals surface area contributed by atoms with Crippen LogP contribution in [-0.4, -0.2) is 26.6 Å². The number of nitrogens with zero attached hydrogens (tertiary/aromatic N) is 4. The van der Waals surface area contributed by atoms with Gasteiger partial charge >= 0.3 is 0 Å². The lowest BCUT2D eigenvalue weighted by molar-refractivity contribution is -0.117. The van der Waals surface area contributed by atoms with E-state index in [1.165, 1.54) is 24.3 Å². The van der Waals surface area contributed by atoms with Crippen LogP contribution >= 0.6 is 11.3 Å². The van der Waals surface area contributed by atoms with Crippen molar-refractivity contribution in [2.45, 2.75) is 33.9 Å². The van der Waals surface area contributed by atoms with Crippen molar-refractivity contribution in [3.8, 4) is 0 Å². The van der Waals surface area contributed by atoms with E-state index in [-0.39, 0.29) is 11.8 Å². The normalized spacial score (nSPS) is 11.1. The fourth-order valence-corrected chi connectivity index (χ4v) is 4.57. The fourth-order valence-electron chi connectivity index (χ4n) is 3.71. The summed E-state index contributed by atoms with van der Waals surface area (Å²) in [6.45, 7) is 6.64. The lowest BCUT2D eigenvalue weighted by Crippen LogP contribution is -2.22. The topological polar surface area (TPSA) is 80.1 Å². The smallest absolute Gasteiger partial charge is 0.244 e. The highest BCUT2D eigenvalue weighted by Gasteiger charge is 2.17. The zero-order valence-electron chi connectivity index (χ0n) is 19.9. The van der Waals surface area contributed by atoms with Gasteiger partial charge in [-0.2, -0.15) is 5.10 Å². The summed E-state index contributed by atoms with van der Waals surface area (Å²) in [6.07, 6.45) is 3.11. The van der Waals surface area contributed by atoms with Crippen LogP contribution in [0.25, 0.3) is 6.08 Å². The van der Waals surface area contributed by atoms with Crippen molar-refractivity contribution in [2.24, 2.45) is 0 Å². The largest absolute Gasteiger partial charge is 0.348 e. The van der Waals surface area contributed by atoms with Gasteiger partial charge in [-0.3, -0.25) is 19.2 Å². The number of nitrogens with one attached hydrogen (secondary N) is 1. The Kier molecular flexibility index (Phi) is 7.52. The zero-order chi connectivity index (χ0) is 24.8. The second kappa shape index (κ2) is 10.9. The molecular formula is C27H27N5O2S. The summed E-state index contributed by atoms with van der Waals surface area (Å²) in [5.74, 6) is -0.339. The van der Waals surface area contributed by atoms with Crippen LogP contribution < -0.4 is 10.2 Å². The van der Waals surface area contributed by atoms with Gasteiger partial charge in [-0.15, -0.1) is 11.3 Å². The van der Waals surface area contributed by atoms with E-state index in [1.54, 1.807) is 11.0 Å². The summed E-state index contributed by atoms with van der Waals surface area (Å²) in [6, 6.07) is 19.5. The van der Waals surface area contributed by atoms with Crippen LogP contribution in [0.4, 0.5) is 10.8 Å². The first-order valence-electron chi connectivity index (χ1n) is 11.2. The number of rotatable bonds is 8. The van der Waals surface area contributed by atoms with E-state index in [1.807, 2.05) is 66.4 Å². The van der Waals surface area contributed by atoms with Gasteiger partial charge in [0, 0.05) is 30.6 Å². The minimum atomic E-state index is -0.213. The Labute approximate surface area is 208 Å². The summed E-state index contributed by atoms with van der Waals surface area (Å²) in [4.78, 5) is 30.6. The van der Waals surface area contributed by atoms with Crippen LogP contribution in [0.1, 0.15) is 35.1 Å². The first kappa shape index (κ1) is 24.1. The van der Waals surface area contributed by atoms with Crippen molar-refractivity contribution >= 4 is 40.0 Å². The maximum absolute atomic E-state index is 12.4. The highest BCUT2D eigenvalue weighted by molar-refractivity contribution is 7.14. The average molecular weight is 486 g/mol. The van der Waals surface area contributed by atoms with Gasteiger partial charge in [-0.25, -0.2) is 4.98 Å². The van der Waals surface area contributed by atoms with E-state index in [9.17, 15) is 9.59 Å². The molecule has 0 aliphatic rings. The Morgan fingerprint density at radius 1 is 1.06 bits per heavy atom. The monoisotopic (exact) mass is 485 g/mol. The van der Waals surface area contributed by atoms with Crippen LogP contribution in [0, 0.1) is 13.8 Å². The molecule has 2 aromatic carbocycles. The molecule has 2 aromatic heterocycles. The minimum absolute atomic E-state index is 0.126. The van der Waals surface area contributed by atoms with Crippen LogP contribution in [-0.2, 0) is 22.7 Å². The third-order valence-electron chi connectivity index (χ3n) is 5.33. The molecule has 0 fully saturated rings. The summed E-state index contributed by atoms with van der Waals surface area (Å²) in [5.41, 5.74) is 5.63. The van der Waals surface area contributed by atoms with Gasteiger partial charge in [-0.1, -0.05) is 42.5 Å². The number of anilines is 2. The van der Waals surface area contributed by atoms with Gasteiger partial charge in [0.2, 0.25) is 11.8 Å². The van der Waals surface area contributed by atoms with E-state index in [4.69, 9.17) is 0 Å². The third kappa shape index (κ3) is 6.30. The molecule has 0 saturated heterocycles. The summed E-state index contributed by atoms with van der Waals surface area (Å²) < 4.78 is 1.98. The number of aromatic nitrogens is 3. The maximum Gasteiger partial charge on any atom is 0.244 e. The first-order chi connectivity index (χ1) is 16.9. The number of para-hydroxylation sites is 1. The number of thiazole rings is 1. The minimum Gasteiger partial charge on any atom is -0.348 e. The molecule has 35 heavy (non-hydrogen) atoms. The number of hydrogen-bond donors (Lipinski definition) is 1. The Morgan fingerprint density at radius 2 is 1.83 bits per heavy atom. The summed E-state index contributed by atoms with van der Waals surface area (Å²) in [5, 5.41) is 9.80. The maximum atomic E-state index is 12.4. The molecule has 7 nitrogen and oxygen atoms in total. The second-order valence-corrected chi connectivity index (χ2v) is 9.04. The molecule has 1 N–H and O–H groups in total. The standard InChI is InChI=1S/C27H27N5O2S/c1-19-14-20(2)31(30-19)17-23-9-7-8-22(15-23)16-28-26(34)13-12-24-18-35-27(29-24)32(21(3)33)25-10-5-4-6-11-25/h4-15,18H,16-17H2,1-3H3,(H,28,34)/b13-12+. The fraction of sp³-hybridized carbons (Fsp3) is 0.185. The molecular weight excluding hydrogens is 458 g/mol. The van der Waals surface area contributed by atoms with E-state index >= 15 is 0 Å². The predicted octanol–water partition coefficient (Wildman–Crippen LogP) is 5.02. The van der Waals surface area contributed by atoms with Crippen molar-refractivity contribution < 1.29 is 9.59 Å². The Bertz CT molecular complexity index is 1360. The van der Waals surface area contributed by atoms with E-state index in [0.29, 0.717) is 23.9 Å². The van der Waals surface area contributed by atoms with Crippen molar-refractivity contribution in [1.82, 2.24) is 20.1 Å². The summed E-state index contributed by atoms with van der Waals surface area (Å²) >= 11 is 1.35. The molecule has 0 spiro atoms. The summed E-state index contributed by atoms with van der Waals surface area (Å²) in [7, 11) is 0. The molecule has 0 aliphatic heterocycles. The van der Waals surface area contributed by atoms with Gasteiger partial charge in [0.05, 0.1) is 23.6 Å².